The first-order valence-electron chi connectivity index (χ1n) is 6.80. The number of benzene rings is 1. The van der Waals surface area contributed by atoms with Gasteiger partial charge in [0.15, 0.2) is 0 Å². The fourth-order valence-electron chi connectivity index (χ4n) is 2.31. The van der Waals surface area contributed by atoms with Crippen LogP contribution in [0.3, 0.4) is 0 Å². The summed E-state index contributed by atoms with van der Waals surface area (Å²) in [5.74, 6) is 3.02. The molecular formula is C16H27NS. The highest BCUT2D eigenvalue weighted by Crippen LogP contribution is 2.19. The first kappa shape index (κ1) is 15.6. The van der Waals surface area contributed by atoms with E-state index in [-0.39, 0.29) is 6.04 Å². The Balaban J connectivity index is 2.56. The van der Waals surface area contributed by atoms with Crippen molar-refractivity contribution in [1.29, 1.82) is 0 Å². The maximum Gasteiger partial charge on any atom is 0.0171 e. The van der Waals surface area contributed by atoms with Crippen molar-refractivity contribution in [3.63, 3.8) is 0 Å². The van der Waals surface area contributed by atoms with Gasteiger partial charge in [-0.1, -0.05) is 31.5 Å². The molecule has 0 amide bonds. The zero-order valence-electron chi connectivity index (χ0n) is 12.4. The lowest BCUT2D eigenvalue weighted by Gasteiger charge is -2.16. The standard InChI is InChI=1S/C16H27NS/c1-11(2)9-18-10-15(17)8-16-13(4)6-12(3)7-14(16)5/h6-7,11,15H,8-10,17H2,1-5H3. The van der Waals surface area contributed by atoms with E-state index in [9.17, 15) is 0 Å². The van der Waals surface area contributed by atoms with Crippen LogP contribution in [0.5, 0.6) is 0 Å². The minimum absolute atomic E-state index is 0.272. The van der Waals surface area contributed by atoms with Gasteiger partial charge in [-0.3, -0.25) is 0 Å². The minimum atomic E-state index is 0.272. The van der Waals surface area contributed by atoms with E-state index in [1.807, 2.05) is 11.8 Å². The van der Waals surface area contributed by atoms with Crippen molar-refractivity contribution in [3.05, 3.63) is 34.4 Å². The third-order valence-corrected chi connectivity index (χ3v) is 4.66. The van der Waals surface area contributed by atoms with E-state index >= 15 is 0 Å². The van der Waals surface area contributed by atoms with Crippen molar-refractivity contribution in [2.24, 2.45) is 11.7 Å². The molecule has 0 aromatic heterocycles. The highest BCUT2D eigenvalue weighted by atomic mass is 32.2. The fourth-order valence-corrected chi connectivity index (χ4v) is 3.34. The molecule has 102 valence electrons. The minimum Gasteiger partial charge on any atom is -0.327 e. The van der Waals surface area contributed by atoms with E-state index in [2.05, 4.69) is 46.8 Å². The highest BCUT2D eigenvalue weighted by Gasteiger charge is 2.10. The van der Waals surface area contributed by atoms with Crippen LogP contribution in [0.2, 0.25) is 0 Å². The molecule has 1 atom stereocenters. The third-order valence-electron chi connectivity index (χ3n) is 3.09. The normalized spacial score (nSPS) is 13.1. The van der Waals surface area contributed by atoms with Crippen LogP contribution in [0.4, 0.5) is 0 Å². The molecule has 0 saturated carbocycles. The summed E-state index contributed by atoms with van der Waals surface area (Å²) in [7, 11) is 0. The second-order valence-electron chi connectivity index (χ2n) is 5.77. The van der Waals surface area contributed by atoms with Gasteiger partial charge in [-0.15, -0.1) is 0 Å². The predicted molar refractivity (Wildman–Crippen MR) is 84.5 cm³/mol. The first-order chi connectivity index (χ1) is 8.40. The van der Waals surface area contributed by atoms with Crippen molar-refractivity contribution < 1.29 is 0 Å². The van der Waals surface area contributed by atoms with Gasteiger partial charge in [0.2, 0.25) is 0 Å². The van der Waals surface area contributed by atoms with E-state index < -0.39 is 0 Å². The molecule has 0 aliphatic rings. The Morgan fingerprint density at radius 2 is 1.61 bits per heavy atom. The Kier molecular flexibility index (Phi) is 6.24. The average Bonchev–Trinajstić information content (AvgIpc) is 2.22. The van der Waals surface area contributed by atoms with E-state index in [1.165, 1.54) is 28.0 Å². The number of aryl methyl sites for hydroxylation is 3. The summed E-state index contributed by atoms with van der Waals surface area (Å²) in [4.78, 5) is 0. The molecule has 2 heteroatoms. The largest absolute Gasteiger partial charge is 0.327 e. The quantitative estimate of drug-likeness (QED) is 0.845. The van der Waals surface area contributed by atoms with Crippen LogP contribution in [0.25, 0.3) is 0 Å². The molecule has 1 nitrogen and oxygen atoms in total. The molecule has 0 aliphatic heterocycles. The van der Waals surface area contributed by atoms with Crippen LogP contribution in [0, 0.1) is 26.7 Å². The van der Waals surface area contributed by atoms with Gasteiger partial charge in [0.25, 0.3) is 0 Å². The number of hydrogen-bond acceptors (Lipinski definition) is 2. The van der Waals surface area contributed by atoms with E-state index in [0.717, 1.165) is 18.1 Å². The first-order valence-corrected chi connectivity index (χ1v) is 7.95. The van der Waals surface area contributed by atoms with Crippen molar-refractivity contribution in [2.75, 3.05) is 11.5 Å². The molecule has 1 aromatic rings. The number of thioether (sulfide) groups is 1. The molecule has 2 N–H and O–H groups in total. The topological polar surface area (TPSA) is 26.0 Å². The van der Waals surface area contributed by atoms with Gasteiger partial charge in [-0.25, -0.2) is 0 Å². The van der Waals surface area contributed by atoms with Crippen LogP contribution in [-0.4, -0.2) is 17.5 Å². The van der Waals surface area contributed by atoms with Gasteiger partial charge in [-0.05, 0) is 55.6 Å². The van der Waals surface area contributed by atoms with Gasteiger partial charge in [0.05, 0.1) is 0 Å². The average molecular weight is 265 g/mol. The van der Waals surface area contributed by atoms with Crippen molar-refractivity contribution in [1.82, 2.24) is 0 Å². The molecule has 0 aliphatic carbocycles. The SMILES string of the molecule is Cc1cc(C)c(CC(N)CSCC(C)C)c(C)c1. The van der Waals surface area contributed by atoms with Crippen LogP contribution >= 0.6 is 11.8 Å². The predicted octanol–water partition coefficient (Wildman–Crippen LogP) is 3.87. The molecule has 0 fully saturated rings. The van der Waals surface area contributed by atoms with Crippen LogP contribution in [0.15, 0.2) is 12.1 Å². The summed E-state index contributed by atoms with van der Waals surface area (Å²) in [5, 5.41) is 0. The van der Waals surface area contributed by atoms with Gasteiger partial charge in [-0.2, -0.15) is 11.8 Å². The molecule has 0 saturated heterocycles. The number of hydrogen-bond donors (Lipinski definition) is 1. The van der Waals surface area contributed by atoms with Crippen molar-refractivity contribution in [2.45, 2.75) is 47.1 Å². The maximum atomic E-state index is 6.25. The molecule has 0 heterocycles. The van der Waals surface area contributed by atoms with Gasteiger partial charge in [0, 0.05) is 11.8 Å². The summed E-state index contributed by atoms with van der Waals surface area (Å²) in [5.41, 5.74) is 11.8. The molecule has 0 bridgehead atoms. The molecule has 1 aromatic carbocycles. The highest BCUT2D eigenvalue weighted by molar-refractivity contribution is 7.99. The summed E-state index contributed by atoms with van der Waals surface area (Å²) >= 11 is 1.98. The maximum absolute atomic E-state index is 6.25. The summed E-state index contributed by atoms with van der Waals surface area (Å²) in [6.07, 6.45) is 1.00. The van der Waals surface area contributed by atoms with E-state index in [1.54, 1.807) is 0 Å². The lowest BCUT2D eigenvalue weighted by atomic mass is 9.95. The number of rotatable bonds is 6. The molecule has 0 spiro atoms. The summed E-state index contributed by atoms with van der Waals surface area (Å²) < 4.78 is 0. The zero-order chi connectivity index (χ0) is 13.7. The van der Waals surface area contributed by atoms with Gasteiger partial charge >= 0.3 is 0 Å². The Bertz CT molecular complexity index is 362. The third kappa shape index (κ3) is 5.03. The lowest BCUT2D eigenvalue weighted by molar-refractivity contribution is 0.727. The van der Waals surface area contributed by atoms with E-state index in [0.29, 0.717) is 0 Å². The second-order valence-corrected chi connectivity index (χ2v) is 6.85. The van der Waals surface area contributed by atoms with Crippen molar-refractivity contribution >= 4 is 11.8 Å². The Hall–Kier alpha value is -0.470. The lowest BCUT2D eigenvalue weighted by Crippen LogP contribution is -2.26. The second kappa shape index (κ2) is 7.20. The smallest absolute Gasteiger partial charge is 0.0171 e. The Morgan fingerprint density at radius 1 is 1.06 bits per heavy atom. The van der Waals surface area contributed by atoms with Crippen LogP contribution in [0.1, 0.15) is 36.1 Å². The Morgan fingerprint density at radius 3 is 2.11 bits per heavy atom. The molecule has 18 heavy (non-hydrogen) atoms. The monoisotopic (exact) mass is 265 g/mol. The van der Waals surface area contributed by atoms with Gasteiger partial charge in [0.1, 0.15) is 0 Å². The molecule has 0 radical (unpaired) electrons. The van der Waals surface area contributed by atoms with Crippen LogP contribution in [-0.2, 0) is 6.42 Å². The summed E-state index contributed by atoms with van der Waals surface area (Å²) in [6, 6.07) is 4.79. The zero-order valence-corrected chi connectivity index (χ0v) is 13.2. The molecule has 1 rings (SSSR count). The van der Waals surface area contributed by atoms with Crippen LogP contribution < -0.4 is 5.73 Å². The molecule has 1 unspecified atom stereocenters. The Labute approximate surface area is 117 Å². The molecular weight excluding hydrogens is 238 g/mol. The number of nitrogens with two attached hydrogens (primary N) is 1. The van der Waals surface area contributed by atoms with Gasteiger partial charge < -0.3 is 5.73 Å². The fraction of sp³-hybridized carbons (Fsp3) is 0.625. The van der Waals surface area contributed by atoms with Crippen molar-refractivity contribution in [3.8, 4) is 0 Å². The van der Waals surface area contributed by atoms with E-state index in [4.69, 9.17) is 5.73 Å². The summed E-state index contributed by atoms with van der Waals surface area (Å²) in [6.45, 7) is 11.1.